The van der Waals surface area contributed by atoms with Crippen molar-refractivity contribution in [1.82, 2.24) is 4.57 Å². The van der Waals surface area contributed by atoms with E-state index in [0.717, 1.165) is 12.8 Å². The highest BCUT2D eigenvalue weighted by Gasteiger charge is 2.16. The Balaban J connectivity index is 2.27. The Kier molecular flexibility index (Phi) is 1.93. The van der Waals surface area contributed by atoms with Gasteiger partial charge in [-0.05, 0) is 18.2 Å². The van der Waals surface area contributed by atoms with E-state index in [1.165, 1.54) is 32.9 Å². The van der Waals surface area contributed by atoms with Crippen molar-refractivity contribution in [3.63, 3.8) is 0 Å². The number of allylic oxidation sites excluding steroid dienone is 1. The zero-order valence-corrected chi connectivity index (χ0v) is 10.5. The fourth-order valence-electron chi connectivity index (χ4n) is 3.21. The average Bonchev–Trinajstić information content (AvgIpc) is 2.73. The van der Waals surface area contributed by atoms with E-state index in [1.807, 2.05) is 0 Å². The van der Waals surface area contributed by atoms with Crippen LogP contribution in [-0.4, -0.2) is 4.57 Å². The van der Waals surface area contributed by atoms with Gasteiger partial charge in [0.2, 0.25) is 0 Å². The molecule has 0 saturated carbocycles. The van der Waals surface area contributed by atoms with E-state index in [4.69, 9.17) is 0 Å². The van der Waals surface area contributed by atoms with E-state index in [-0.39, 0.29) is 0 Å². The van der Waals surface area contributed by atoms with E-state index in [1.54, 1.807) is 0 Å². The van der Waals surface area contributed by atoms with Crippen LogP contribution in [0.15, 0.2) is 42.5 Å². The first kappa shape index (κ1) is 9.95. The Bertz CT molecular complexity index is 790. The number of aryl methyl sites for hydroxylation is 1. The van der Waals surface area contributed by atoms with Gasteiger partial charge >= 0.3 is 0 Å². The molecule has 0 spiro atoms. The average molecular weight is 233 g/mol. The van der Waals surface area contributed by atoms with Crippen LogP contribution in [0.5, 0.6) is 0 Å². The third kappa shape index (κ3) is 1.16. The molecule has 0 atom stereocenters. The molecular weight excluding hydrogens is 218 g/mol. The van der Waals surface area contributed by atoms with Gasteiger partial charge in [-0.2, -0.15) is 0 Å². The lowest BCUT2D eigenvalue weighted by Gasteiger charge is -2.08. The summed E-state index contributed by atoms with van der Waals surface area (Å²) in [5, 5.41) is 4.08. The number of aromatic nitrogens is 1. The van der Waals surface area contributed by atoms with Gasteiger partial charge in [-0.3, -0.25) is 0 Å². The molecule has 1 heterocycles. The maximum Gasteiger partial charge on any atom is 0.0565 e. The molecule has 1 aliphatic carbocycles. The predicted molar refractivity (Wildman–Crippen MR) is 77.8 cm³/mol. The summed E-state index contributed by atoms with van der Waals surface area (Å²) >= 11 is 0. The molecule has 88 valence electrons. The van der Waals surface area contributed by atoms with Crippen molar-refractivity contribution >= 4 is 27.8 Å². The number of nitrogens with zero attached hydrogens (tertiary/aromatic N) is 1. The van der Waals surface area contributed by atoms with Gasteiger partial charge in [-0.15, -0.1) is 0 Å². The van der Waals surface area contributed by atoms with Gasteiger partial charge in [0.25, 0.3) is 0 Å². The summed E-state index contributed by atoms with van der Waals surface area (Å²) in [5.41, 5.74) is 4.28. The number of fused-ring (bicyclic) bond motifs is 5. The van der Waals surface area contributed by atoms with Crippen LogP contribution in [-0.2, 0) is 13.5 Å². The van der Waals surface area contributed by atoms with E-state index in [0.29, 0.717) is 0 Å². The van der Waals surface area contributed by atoms with E-state index in [2.05, 4.69) is 60.2 Å². The zero-order valence-electron chi connectivity index (χ0n) is 10.5. The van der Waals surface area contributed by atoms with Crippen LogP contribution in [0.3, 0.4) is 0 Å². The Labute approximate surface area is 106 Å². The summed E-state index contributed by atoms with van der Waals surface area (Å²) in [6, 6.07) is 13.2. The lowest BCUT2D eigenvalue weighted by Crippen LogP contribution is -1.99. The molecular formula is C17H15N. The number of hydrogen-bond donors (Lipinski definition) is 0. The zero-order chi connectivity index (χ0) is 12.1. The minimum absolute atomic E-state index is 1.16. The summed E-state index contributed by atoms with van der Waals surface area (Å²) < 4.78 is 2.39. The van der Waals surface area contributed by atoms with Crippen LogP contribution in [0.2, 0.25) is 0 Å². The van der Waals surface area contributed by atoms with Crippen LogP contribution in [0, 0.1) is 0 Å². The summed E-state index contributed by atoms with van der Waals surface area (Å²) in [7, 11) is 2.20. The first-order valence-electron chi connectivity index (χ1n) is 6.52. The topological polar surface area (TPSA) is 4.93 Å². The molecule has 2 aromatic carbocycles. The largest absolute Gasteiger partial charge is 0.347 e. The number of rotatable bonds is 0. The van der Waals surface area contributed by atoms with Crippen molar-refractivity contribution in [3.05, 3.63) is 53.7 Å². The summed E-state index contributed by atoms with van der Waals surface area (Å²) in [4.78, 5) is 0. The van der Waals surface area contributed by atoms with Crippen LogP contribution in [0.25, 0.3) is 27.8 Å². The molecule has 0 radical (unpaired) electrons. The highest BCUT2D eigenvalue weighted by molar-refractivity contribution is 6.09. The normalized spacial score (nSPS) is 14.3. The standard InChI is InChI=1S/C17H15N/c1-18-16-9-5-4-8-14(16)15-11-10-12-6-2-3-7-13(12)17(15)18/h2-4,6-8,10-11H,5,9H2,1H3. The minimum atomic E-state index is 1.16. The Hall–Kier alpha value is -2.02. The Morgan fingerprint density at radius 1 is 1.00 bits per heavy atom. The fourth-order valence-corrected chi connectivity index (χ4v) is 3.21. The van der Waals surface area contributed by atoms with Gasteiger partial charge in [-0.25, -0.2) is 0 Å². The van der Waals surface area contributed by atoms with Crippen molar-refractivity contribution in [2.75, 3.05) is 0 Å². The van der Waals surface area contributed by atoms with Gasteiger partial charge in [0.15, 0.2) is 0 Å². The lowest BCUT2D eigenvalue weighted by atomic mass is 10.0. The van der Waals surface area contributed by atoms with Crippen molar-refractivity contribution in [2.24, 2.45) is 7.05 Å². The van der Waals surface area contributed by atoms with Crippen molar-refractivity contribution in [2.45, 2.75) is 12.8 Å². The van der Waals surface area contributed by atoms with Gasteiger partial charge < -0.3 is 4.57 Å². The van der Waals surface area contributed by atoms with Gasteiger partial charge in [-0.1, -0.05) is 48.6 Å². The quantitative estimate of drug-likeness (QED) is 0.546. The van der Waals surface area contributed by atoms with Crippen LogP contribution < -0.4 is 0 Å². The minimum Gasteiger partial charge on any atom is -0.347 e. The summed E-state index contributed by atoms with van der Waals surface area (Å²) in [5.74, 6) is 0. The molecule has 0 N–H and O–H groups in total. The number of benzene rings is 2. The molecule has 1 nitrogen and oxygen atoms in total. The van der Waals surface area contributed by atoms with Crippen molar-refractivity contribution < 1.29 is 0 Å². The molecule has 4 rings (SSSR count). The maximum absolute atomic E-state index is 2.39. The molecule has 0 bridgehead atoms. The summed E-state index contributed by atoms with van der Waals surface area (Å²) in [6.07, 6.45) is 6.90. The van der Waals surface area contributed by atoms with E-state index in [9.17, 15) is 0 Å². The molecule has 18 heavy (non-hydrogen) atoms. The Morgan fingerprint density at radius 2 is 1.89 bits per heavy atom. The smallest absolute Gasteiger partial charge is 0.0565 e. The lowest BCUT2D eigenvalue weighted by molar-refractivity contribution is 0.826. The second-order valence-electron chi connectivity index (χ2n) is 5.04. The fraction of sp³-hybridized carbons (Fsp3) is 0.176. The molecule has 0 fully saturated rings. The third-order valence-electron chi connectivity index (χ3n) is 4.07. The molecule has 0 saturated heterocycles. The maximum atomic E-state index is 2.39. The van der Waals surface area contributed by atoms with Crippen LogP contribution >= 0.6 is 0 Å². The third-order valence-corrected chi connectivity index (χ3v) is 4.07. The van der Waals surface area contributed by atoms with Crippen LogP contribution in [0.1, 0.15) is 17.7 Å². The van der Waals surface area contributed by atoms with Gasteiger partial charge in [0, 0.05) is 29.1 Å². The molecule has 0 unspecified atom stereocenters. The molecule has 1 aliphatic rings. The molecule has 1 aromatic heterocycles. The first-order valence-corrected chi connectivity index (χ1v) is 6.52. The highest BCUT2D eigenvalue weighted by atomic mass is 15.0. The van der Waals surface area contributed by atoms with Gasteiger partial charge in [0.05, 0.1) is 5.52 Å². The van der Waals surface area contributed by atoms with Gasteiger partial charge in [0.1, 0.15) is 0 Å². The van der Waals surface area contributed by atoms with Crippen molar-refractivity contribution in [3.8, 4) is 0 Å². The molecule has 3 aromatic rings. The van der Waals surface area contributed by atoms with E-state index < -0.39 is 0 Å². The highest BCUT2D eigenvalue weighted by Crippen LogP contribution is 2.34. The SMILES string of the molecule is Cn1c2c(c3ccc4ccccc4c31)C=CCC2. The molecule has 0 amide bonds. The second kappa shape index (κ2) is 3.49. The molecule has 1 heteroatoms. The number of hydrogen-bond acceptors (Lipinski definition) is 0. The second-order valence-corrected chi connectivity index (χ2v) is 5.04. The summed E-state index contributed by atoms with van der Waals surface area (Å²) in [6.45, 7) is 0. The predicted octanol–water partition coefficient (Wildman–Crippen LogP) is 4.29. The monoisotopic (exact) mass is 233 g/mol. The van der Waals surface area contributed by atoms with Crippen molar-refractivity contribution in [1.29, 1.82) is 0 Å². The Morgan fingerprint density at radius 3 is 2.83 bits per heavy atom. The molecule has 0 aliphatic heterocycles. The van der Waals surface area contributed by atoms with Crippen LogP contribution in [0.4, 0.5) is 0 Å². The first-order chi connectivity index (χ1) is 8.86. The van der Waals surface area contributed by atoms with E-state index >= 15 is 0 Å².